The fourth-order valence-electron chi connectivity index (χ4n) is 1.43. The fraction of sp³-hybridized carbons (Fsp3) is 0.222. The van der Waals surface area contributed by atoms with E-state index in [1.165, 1.54) is 23.1 Å². The lowest BCUT2D eigenvalue weighted by atomic mass is 10.2. The summed E-state index contributed by atoms with van der Waals surface area (Å²) in [6.45, 7) is 0.584. The van der Waals surface area contributed by atoms with Gasteiger partial charge in [-0.15, -0.1) is 0 Å². The van der Waals surface area contributed by atoms with E-state index in [-0.39, 0.29) is 11.1 Å². The standard InChI is InChI=1S/C9H10N4O2/c10-2-4-13-9(15)7-5-11-3-1-6(7)8(14)12-13/h1,3,5H,2,4,10H2,(H,12,14). The molecular weight excluding hydrogens is 196 g/mol. The van der Waals surface area contributed by atoms with Crippen LogP contribution in [-0.2, 0) is 6.54 Å². The van der Waals surface area contributed by atoms with Gasteiger partial charge in [0, 0.05) is 18.9 Å². The smallest absolute Gasteiger partial charge is 0.274 e. The Morgan fingerprint density at radius 3 is 2.93 bits per heavy atom. The number of aromatic amines is 1. The molecule has 0 bridgehead atoms. The van der Waals surface area contributed by atoms with Gasteiger partial charge in [0.25, 0.3) is 11.1 Å². The van der Waals surface area contributed by atoms with Gasteiger partial charge in [0.15, 0.2) is 0 Å². The van der Waals surface area contributed by atoms with Gasteiger partial charge in [-0.1, -0.05) is 0 Å². The van der Waals surface area contributed by atoms with Gasteiger partial charge in [-0.05, 0) is 6.07 Å². The van der Waals surface area contributed by atoms with E-state index in [0.717, 1.165) is 0 Å². The zero-order valence-corrected chi connectivity index (χ0v) is 7.93. The van der Waals surface area contributed by atoms with Gasteiger partial charge in [0.1, 0.15) is 0 Å². The molecule has 0 aromatic carbocycles. The Hall–Kier alpha value is -1.95. The lowest BCUT2D eigenvalue weighted by Gasteiger charge is -2.04. The summed E-state index contributed by atoms with van der Waals surface area (Å²) in [6.07, 6.45) is 2.87. The van der Waals surface area contributed by atoms with E-state index in [4.69, 9.17) is 5.73 Å². The maximum atomic E-state index is 11.8. The van der Waals surface area contributed by atoms with Gasteiger partial charge in [0.2, 0.25) is 0 Å². The van der Waals surface area contributed by atoms with E-state index in [2.05, 4.69) is 10.1 Å². The molecule has 78 valence electrons. The lowest BCUT2D eigenvalue weighted by Crippen LogP contribution is -2.32. The first kappa shape index (κ1) is 9.60. The van der Waals surface area contributed by atoms with Crippen LogP contribution in [0.3, 0.4) is 0 Å². The summed E-state index contributed by atoms with van der Waals surface area (Å²) in [5, 5.41) is 3.13. The molecule has 0 saturated carbocycles. The summed E-state index contributed by atoms with van der Waals surface area (Å²) in [6, 6.07) is 1.52. The molecule has 0 fully saturated rings. The molecule has 0 aliphatic rings. The fourth-order valence-corrected chi connectivity index (χ4v) is 1.43. The molecule has 0 radical (unpaired) electrons. The molecule has 0 aliphatic carbocycles. The minimum absolute atomic E-state index is 0.275. The number of H-pyrrole nitrogens is 1. The SMILES string of the molecule is NCCn1[nH]c(=O)c2ccncc2c1=O. The Labute approximate surface area is 84.3 Å². The molecule has 15 heavy (non-hydrogen) atoms. The van der Waals surface area contributed by atoms with Crippen LogP contribution in [-0.4, -0.2) is 21.3 Å². The van der Waals surface area contributed by atoms with E-state index in [1.54, 1.807) is 0 Å². The summed E-state index contributed by atoms with van der Waals surface area (Å²) < 4.78 is 1.20. The molecule has 6 nitrogen and oxygen atoms in total. The molecule has 2 aromatic heterocycles. The number of fused-ring (bicyclic) bond motifs is 1. The van der Waals surface area contributed by atoms with Crippen molar-refractivity contribution >= 4 is 10.8 Å². The lowest BCUT2D eigenvalue weighted by molar-refractivity contribution is 0.585. The van der Waals surface area contributed by atoms with Crippen molar-refractivity contribution in [2.24, 2.45) is 5.73 Å². The number of hydrogen-bond acceptors (Lipinski definition) is 4. The Bertz CT molecular complexity index is 599. The van der Waals surface area contributed by atoms with Crippen LogP contribution < -0.4 is 16.9 Å². The van der Waals surface area contributed by atoms with Gasteiger partial charge < -0.3 is 5.73 Å². The monoisotopic (exact) mass is 206 g/mol. The topological polar surface area (TPSA) is 93.8 Å². The molecule has 0 atom stereocenters. The maximum absolute atomic E-state index is 11.8. The van der Waals surface area contributed by atoms with E-state index in [0.29, 0.717) is 23.9 Å². The number of nitrogens with zero attached hydrogens (tertiary/aromatic N) is 2. The number of aromatic nitrogens is 3. The molecule has 2 aromatic rings. The third-order valence-electron chi connectivity index (χ3n) is 2.13. The van der Waals surface area contributed by atoms with Crippen molar-refractivity contribution in [2.75, 3.05) is 6.54 Å². The van der Waals surface area contributed by atoms with Crippen molar-refractivity contribution in [2.45, 2.75) is 6.54 Å². The summed E-state index contributed by atoms with van der Waals surface area (Å²) in [4.78, 5) is 27.1. The van der Waals surface area contributed by atoms with E-state index < -0.39 is 0 Å². The van der Waals surface area contributed by atoms with Gasteiger partial charge in [-0.25, -0.2) is 4.68 Å². The molecule has 0 spiro atoms. The Balaban J connectivity index is 2.85. The predicted molar refractivity (Wildman–Crippen MR) is 55.7 cm³/mol. The van der Waals surface area contributed by atoms with Crippen LogP contribution in [0.25, 0.3) is 10.8 Å². The van der Waals surface area contributed by atoms with Crippen LogP contribution in [0, 0.1) is 0 Å². The van der Waals surface area contributed by atoms with E-state index in [9.17, 15) is 9.59 Å². The van der Waals surface area contributed by atoms with Gasteiger partial charge in [-0.2, -0.15) is 0 Å². The Morgan fingerprint density at radius 1 is 1.40 bits per heavy atom. The highest BCUT2D eigenvalue weighted by atomic mass is 16.2. The number of nitrogens with two attached hydrogens (primary N) is 1. The zero-order chi connectivity index (χ0) is 10.8. The predicted octanol–water partition coefficient (Wildman–Crippen LogP) is -0.956. The summed E-state index contributed by atoms with van der Waals surface area (Å²) in [7, 11) is 0. The van der Waals surface area contributed by atoms with Crippen molar-refractivity contribution in [3.63, 3.8) is 0 Å². The van der Waals surface area contributed by atoms with Crippen molar-refractivity contribution in [3.8, 4) is 0 Å². The van der Waals surface area contributed by atoms with E-state index >= 15 is 0 Å². The minimum Gasteiger partial charge on any atom is -0.329 e. The zero-order valence-electron chi connectivity index (χ0n) is 7.93. The van der Waals surface area contributed by atoms with Crippen molar-refractivity contribution in [1.29, 1.82) is 0 Å². The first-order chi connectivity index (χ1) is 7.24. The van der Waals surface area contributed by atoms with Crippen molar-refractivity contribution in [1.82, 2.24) is 14.8 Å². The number of rotatable bonds is 2. The minimum atomic E-state index is -0.305. The van der Waals surface area contributed by atoms with Gasteiger partial charge in [0.05, 0.1) is 17.3 Å². The summed E-state index contributed by atoms with van der Waals surface area (Å²) in [5.41, 5.74) is 4.75. The highest BCUT2D eigenvalue weighted by Gasteiger charge is 2.05. The molecule has 3 N–H and O–H groups in total. The second-order valence-electron chi connectivity index (χ2n) is 3.11. The van der Waals surface area contributed by atoms with Gasteiger partial charge in [-0.3, -0.25) is 19.7 Å². The molecule has 2 heterocycles. The first-order valence-electron chi connectivity index (χ1n) is 4.51. The van der Waals surface area contributed by atoms with Crippen LogP contribution in [0.1, 0.15) is 0 Å². The first-order valence-corrected chi connectivity index (χ1v) is 4.51. The summed E-state index contributed by atoms with van der Waals surface area (Å²) >= 11 is 0. The highest BCUT2D eigenvalue weighted by Crippen LogP contribution is 1.99. The summed E-state index contributed by atoms with van der Waals surface area (Å²) in [5.74, 6) is 0. The van der Waals surface area contributed by atoms with Gasteiger partial charge >= 0.3 is 0 Å². The highest BCUT2D eigenvalue weighted by molar-refractivity contribution is 5.79. The average molecular weight is 206 g/mol. The van der Waals surface area contributed by atoms with Crippen LogP contribution >= 0.6 is 0 Å². The van der Waals surface area contributed by atoms with Crippen LogP contribution in [0.15, 0.2) is 28.0 Å². The van der Waals surface area contributed by atoms with Crippen molar-refractivity contribution in [3.05, 3.63) is 39.2 Å². The average Bonchev–Trinajstić information content (AvgIpc) is 2.26. The second-order valence-corrected chi connectivity index (χ2v) is 3.11. The van der Waals surface area contributed by atoms with E-state index in [1.807, 2.05) is 0 Å². The molecule has 0 saturated heterocycles. The van der Waals surface area contributed by atoms with Crippen LogP contribution in [0.4, 0.5) is 0 Å². The maximum Gasteiger partial charge on any atom is 0.274 e. The number of hydrogen-bond donors (Lipinski definition) is 2. The molecular formula is C9H10N4O2. The van der Waals surface area contributed by atoms with Crippen LogP contribution in [0.2, 0.25) is 0 Å². The molecule has 0 unspecified atom stereocenters. The number of pyridine rings is 1. The largest absolute Gasteiger partial charge is 0.329 e. The van der Waals surface area contributed by atoms with Crippen molar-refractivity contribution < 1.29 is 0 Å². The quantitative estimate of drug-likeness (QED) is 0.662. The molecule has 6 heteroatoms. The molecule has 0 amide bonds. The second kappa shape index (κ2) is 3.66. The Kier molecular flexibility index (Phi) is 2.34. The van der Waals surface area contributed by atoms with Crippen LogP contribution in [0.5, 0.6) is 0 Å². The third kappa shape index (κ3) is 1.55. The molecule has 0 aliphatic heterocycles. The Morgan fingerprint density at radius 2 is 2.20 bits per heavy atom. The number of nitrogens with one attached hydrogen (secondary N) is 1. The molecule has 2 rings (SSSR count). The normalized spacial score (nSPS) is 10.7. The third-order valence-corrected chi connectivity index (χ3v) is 2.13.